The maximum atomic E-state index is 11.5. The summed E-state index contributed by atoms with van der Waals surface area (Å²) >= 11 is 0. The van der Waals surface area contributed by atoms with Crippen LogP contribution in [0.5, 0.6) is 0 Å². The van der Waals surface area contributed by atoms with Gasteiger partial charge in [0, 0.05) is 6.42 Å². The summed E-state index contributed by atoms with van der Waals surface area (Å²) in [5.74, 6) is -0.711. The number of rotatable bonds is 25. The molecule has 0 aliphatic carbocycles. The highest BCUT2D eigenvalue weighted by Gasteiger charge is 2.16. The Balaban J connectivity index is 3.41. The molecule has 0 spiro atoms. The van der Waals surface area contributed by atoms with Gasteiger partial charge >= 0.3 is 11.9 Å². The topological polar surface area (TPSA) is 74.6 Å². The Morgan fingerprint density at radius 2 is 0.812 bits per heavy atom. The van der Waals surface area contributed by atoms with Crippen LogP contribution in [0.1, 0.15) is 155 Å². The average Bonchev–Trinajstić information content (AvgIpc) is 2.73. The van der Waals surface area contributed by atoms with E-state index in [9.17, 15) is 14.7 Å². The molecule has 0 aromatic heterocycles. The molecule has 0 aliphatic heterocycles. The van der Waals surface area contributed by atoms with Crippen molar-refractivity contribution < 1.29 is 19.8 Å². The van der Waals surface area contributed by atoms with Gasteiger partial charge in [0.1, 0.15) is 0 Å². The fourth-order valence-electron chi connectivity index (χ4n) is 4.48. The number of carbonyl (C=O) groups is 2. The first-order valence-corrected chi connectivity index (χ1v) is 13.9. The van der Waals surface area contributed by atoms with E-state index in [4.69, 9.17) is 5.11 Å². The van der Waals surface area contributed by atoms with Gasteiger partial charge in [0.05, 0.1) is 5.92 Å². The van der Waals surface area contributed by atoms with Gasteiger partial charge in [-0.2, -0.15) is 0 Å². The fraction of sp³-hybridized carbons (Fsp3) is 0.929. The molecule has 1 atom stereocenters. The predicted molar refractivity (Wildman–Crippen MR) is 135 cm³/mol. The lowest BCUT2D eigenvalue weighted by Crippen LogP contribution is -2.13. The highest BCUT2D eigenvalue weighted by molar-refractivity contribution is 5.69. The van der Waals surface area contributed by atoms with Crippen molar-refractivity contribution in [3.63, 3.8) is 0 Å². The van der Waals surface area contributed by atoms with Gasteiger partial charge in [-0.15, -0.1) is 0 Å². The smallest absolute Gasteiger partial charge is 0.306 e. The van der Waals surface area contributed by atoms with Crippen LogP contribution < -0.4 is 0 Å². The van der Waals surface area contributed by atoms with Gasteiger partial charge in [-0.05, 0) is 25.2 Å². The Hall–Kier alpha value is -1.06. The van der Waals surface area contributed by atoms with E-state index >= 15 is 0 Å². The van der Waals surface area contributed by atoms with Crippen molar-refractivity contribution in [2.75, 3.05) is 0 Å². The second kappa shape index (κ2) is 23.1. The van der Waals surface area contributed by atoms with Crippen molar-refractivity contribution in [3.8, 4) is 0 Å². The summed E-state index contributed by atoms with van der Waals surface area (Å²) < 4.78 is 0. The fourth-order valence-corrected chi connectivity index (χ4v) is 4.48. The van der Waals surface area contributed by atoms with Gasteiger partial charge < -0.3 is 10.2 Å². The van der Waals surface area contributed by atoms with Crippen LogP contribution in [-0.4, -0.2) is 22.2 Å². The van der Waals surface area contributed by atoms with E-state index < -0.39 is 11.9 Å². The first-order valence-electron chi connectivity index (χ1n) is 13.9. The summed E-state index contributed by atoms with van der Waals surface area (Å²) in [4.78, 5) is 21.9. The molecule has 0 saturated carbocycles. The van der Waals surface area contributed by atoms with Gasteiger partial charge in [0.2, 0.25) is 0 Å². The van der Waals surface area contributed by atoms with Crippen LogP contribution in [0.4, 0.5) is 0 Å². The Bertz CT molecular complexity index is 433. The van der Waals surface area contributed by atoms with Crippen LogP contribution in [0.3, 0.4) is 0 Å². The third kappa shape index (κ3) is 23.6. The van der Waals surface area contributed by atoms with E-state index in [1.807, 2.05) is 0 Å². The Morgan fingerprint density at radius 3 is 1.12 bits per heavy atom. The zero-order valence-corrected chi connectivity index (χ0v) is 21.4. The lowest BCUT2D eigenvalue weighted by Gasteiger charge is -2.12. The van der Waals surface area contributed by atoms with Crippen LogP contribution >= 0.6 is 0 Å². The van der Waals surface area contributed by atoms with Crippen molar-refractivity contribution in [2.45, 2.75) is 155 Å². The van der Waals surface area contributed by atoms with E-state index in [1.54, 1.807) is 0 Å². The minimum Gasteiger partial charge on any atom is -0.481 e. The van der Waals surface area contributed by atoms with Gasteiger partial charge in [-0.3, -0.25) is 9.59 Å². The lowest BCUT2D eigenvalue weighted by atomic mass is 9.94. The van der Waals surface area contributed by atoms with Gasteiger partial charge in [-0.25, -0.2) is 0 Å². The van der Waals surface area contributed by atoms with E-state index in [0.29, 0.717) is 0 Å². The average molecular weight is 455 g/mol. The number of carboxylic acid groups (broad SMARTS) is 2. The highest BCUT2D eigenvalue weighted by atomic mass is 16.4. The summed E-state index contributed by atoms with van der Waals surface area (Å²) in [6, 6.07) is 0. The molecule has 0 aromatic carbocycles. The van der Waals surface area contributed by atoms with Crippen molar-refractivity contribution in [1.82, 2.24) is 0 Å². The largest absolute Gasteiger partial charge is 0.481 e. The zero-order chi connectivity index (χ0) is 23.9. The van der Waals surface area contributed by atoms with Crippen LogP contribution in [0, 0.1) is 11.8 Å². The van der Waals surface area contributed by atoms with Crippen LogP contribution in [0.25, 0.3) is 0 Å². The van der Waals surface area contributed by atoms with Crippen molar-refractivity contribution in [3.05, 3.63) is 0 Å². The second-order valence-electron chi connectivity index (χ2n) is 10.3. The minimum absolute atomic E-state index is 0.195. The zero-order valence-electron chi connectivity index (χ0n) is 21.4. The number of aliphatic carboxylic acids is 2. The molecule has 0 rings (SSSR count). The first-order chi connectivity index (χ1) is 15.4. The van der Waals surface area contributed by atoms with Crippen molar-refractivity contribution in [1.29, 1.82) is 0 Å². The molecular formula is C28H54O4. The quantitative estimate of drug-likeness (QED) is 0.135. The molecule has 0 amide bonds. The molecule has 0 radical (unpaired) electrons. The summed E-state index contributed by atoms with van der Waals surface area (Å²) in [6.45, 7) is 4.62. The molecular weight excluding hydrogens is 400 g/mol. The van der Waals surface area contributed by atoms with Gasteiger partial charge in [0.15, 0.2) is 0 Å². The Labute approximate surface area is 199 Å². The highest BCUT2D eigenvalue weighted by Crippen LogP contribution is 2.20. The molecule has 1 unspecified atom stereocenters. The molecule has 0 saturated heterocycles. The standard InChI is InChI=1S/C28H54O4/c1-25(2)21-17-13-10-8-6-4-3-5-7-9-11-14-18-22-26(28(31)32)23-19-15-12-16-20-24-27(29)30/h25-26H,3-24H2,1-2H3,(H,29,30)(H,31,32). The molecule has 0 fully saturated rings. The second-order valence-corrected chi connectivity index (χ2v) is 10.3. The molecule has 0 heterocycles. The first kappa shape index (κ1) is 30.9. The minimum atomic E-state index is -0.728. The molecule has 2 N–H and O–H groups in total. The number of carboxylic acids is 2. The lowest BCUT2D eigenvalue weighted by molar-refractivity contribution is -0.142. The molecule has 0 aromatic rings. The predicted octanol–water partition coefficient (Wildman–Crippen LogP) is 9.01. The monoisotopic (exact) mass is 454 g/mol. The molecule has 4 heteroatoms. The van der Waals surface area contributed by atoms with E-state index in [2.05, 4.69) is 13.8 Å². The number of hydrogen-bond donors (Lipinski definition) is 2. The summed E-state index contributed by atoms with van der Waals surface area (Å²) in [5.41, 5.74) is 0. The van der Waals surface area contributed by atoms with Crippen molar-refractivity contribution in [2.24, 2.45) is 11.8 Å². The molecule has 190 valence electrons. The Kier molecular flexibility index (Phi) is 22.3. The van der Waals surface area contributed by atoms with E-state index in [1.165, 1.54) is 77.0 Å². The number of hydrogen-bond acceptors (Lipinski definition) is 2. The van der Waals surface area contributed by atoms with Crippen molar-refractivity contribution >= 4 is 11.9 Å². The molecule has 0 bridgehead atoms. The maximum absolute atomic E-state index is 11.5. The normalized spacial score (nSPS) is 12.3. The van der Waals surface area contributed by atoms with Crippen LogP contribution in [0.2, 0.25) is 0 Å². The number of unbranched alkanes of at least 4 members (excludes halogenated alkanes) is 16. The Morgan fingerprint density at radius 1 is 0.500 bits per heavy atom. The summed E-state index contributed by atoms with van der Waals surface area (Å²) in [7, 11) is 0. The maximum Gasteiger partial charge on any atom is 0.306 e. The van der Waals surface area contributed by atoms with Crippen LogP contribution in [0.15, 0.2) is 0 Å². The van der Waals surface area contributed by atoms with E-state index in [-0.39, 0.29) is 12.3 Å². The SMILES string of the molecule is CC(C)CCCCCCCCCCCCCCCC(CCCCCCCC(=O)O)C(=O)O. The summed E-state index contributed by atoms with van der Waals surface area (Å²) in [6.07, 6.45) is 25.1. The summed E-state index contributed by atoms with van der Waals surface area (Å²) in [5, 5.41) is 18.1. The van der Waals surface area contributed by atoms with Crippen LogP contribution in [-0.2, 0) is 9.59 Å². The van der Waals surface area contributed by atoms with E-state index in [0.717, 1.165) is 63.7 Å². The van der Waals surface area contributed by atoms with Gasteiger partial charge in [0.25, 0.3) is 0 Å². The van der Waals surface area contributed by atoms with Gasteiger partial charge in [-0.1, -0.05) is 129 Å². The molecule has 0 aliphatic rings. The molecule has 32 heavy (non-hydrogen) atoms. The third-order valence-corrected chi connectivity index (χ3v) is 6.63. The molecule has 4 nitrogen and oxygen atoms in total. The third-order valence-electron chi connectivity index (χ3n) is 6.63.